The number of rotatable bonds is 3. The molecule has 0 spiro atoms. The van der Waals surface area contributed by atoms with E-state index in [-0.39, 0.29) is 16.4 Å². The van der Waals surface area contributed by atoms with Crippen LogP contribution in [-0.2, 0) is 6.54 Å². The van der Waals surface area contributed by atoms with Gasteiger partial charge in [-0.05, 0) is 26.3 Å². The van der Waals surface area contributed by atoms with Crippen LogP contribution in [0.15, 0.2) is 18.2 Å². The lowest BCUT2D eigenvalue weighted by atomic mass is 9.97. The van der Waals surface area contributed by atoms with Gasteiger partial charge in [0.25, 0.3) is 0 Å². The Kier molecular flexibility index (Phi) is 4.49. The summed E-state index contributed by atoms with van der Waals surface area (Å²) in [7, 11) is 0. The maximum atomic E-state index is 14.0. The quantitative estimate of drug-likeness (QED) is 0.915. The highest BCUT2D eigenvalue weighted by Crippen LogP contribution is 2.23. The number of hydrogen-bond acceptors (Lipinski definition) is 2. The van der Waals surface area contributed by atoms with E-state index in [1.54, 1.807) is 6.07 Å². The van der Waals surface area contributed by atoms with E-state index in [0.717, 1.165) is 19.5 Å². The van der Waals surface area contributed by atoms with Crippen molar-refractivity contribution in [1.82, 2.24) is 10.2 Å². The molecule has 19 heavy (non-hydrogen) atoms. The van der Waals surface area contributed by atoms with Gasteiger partial charge in [0.15, 0.2) is 0 Å². The van der Waals surface area contributed by atoms with Crippen LogP contribution in [0.2, 0.25) is 5.02 Å². The molecule has 1 aromatic rings. The molecule has 1 saturated heterocycles. The van der Waals surface area contributed by atoms with Crippen LogP contribution in [0.4, 0.5) is 4.39 Å². The first kappa shape index (κ1) is 14.8. The first-order valence-electron chi connectivity index (χ1n) is 6.85. The normalized spacial score (nSPS) is 23.5. The summed E-state index contributed by atoms with van der Waals surface area (Å²) in [5, 5.41) is 3.75. The Balaban J connectivity index is 2.17. The van der Waals surface area contributed by atoms with Gasteiger partial charge in [0.1, 0.15) is 5.82 Å². The zero-order valence-corrected chi connectivity index (χ0v) is 12.6. The second-order valence-corrected chi connectivity index (χ2v) is 6.35. The molecule has 0 saturated carbocycles. The standard InChI is InChI=1S/C15H22ClFN2/c1-4-12-8-18-15(2,3)10-19(12)9-11-6-5-7-13(16)14(11)17/h5-7,12,18H,4,8-10H2,1-3H3. The Morgan fingerprint density at radius 1 is 1.47 bits per heavy atom. The van der Waals surface area contributed by atoms with Crippen LogP contribution in [0.1, 0.15) is 32.8 Å². The molecule has 1 aliphatic heterocycles. The summed E-state index contributed by atoms with van der Waals surface area (Å²) in [6, 6.07) is 5.68. The molecule has 1 unspecified atom stereocenters. The fourth-order valence-electron chi connectivity index (χ4n) is 2.69. The number of nitrogens with zero attached hydrogens (tertiary/aromatic N) is 1. The SMILES string of the molecule is CCC1CNC(C)(C)CN1Cc1cccc(Cl)c1F. The van der Waals surface area contributed by atoms with Gasteiger partial charge in [-0.15, -0.1) is 0 Å². The summed E-state index contributed by atoms with van der Waals surface area (Å²) >= 11 is 5.85. The van der Waals surface area contributed by atoms with Crippen molar-refractivity contribution in [2.24, 2.45) is 0 Å². The molecule has 0 radical (unpaired) electrons. The summed E-state index contributed by atoms with van der Waals surface area (Å²) in [5.74, 6) is -0.282. The zero-order chi connectivity index (χ0) is 14.0. The average Bonchev–Trinajstić information content (AvgIpc) is 2.34. The van der Waals surface area contributed by atoms with E-state index < -0.39 is 0 Å². The maximum Gasteiger partial charge on any atom is 0.146 e. The van der Waals surface area contributed by atoms with Crippen molar-refractivity contribution in [3.05, 3.63) is 34.6 Å². The fraction of sp³-hybridized carbons (Fsp3) is 0.600. The Hall–Kier alpha value is -0.640. The first-order valence-corrected chi connectivity index (χ1v) is 7.22. The lowest BCUT2D eigenvalue weighted by molar-refractivity contribution is 0.0848. The number of piperazine rings is 1. The lowest BCUT2D eigenvalue weighted by Crippen LogP contribution is -2.61. The number of halogens is 2. The monoisotopic (exact) mass is 284 g/mol. The van der Waals surface area contributed by atoms with Crippen molar-refractivity contribution in [3.8, 4) is 0 Å². The number of nitrogens with one attached hydrogen (secondary N) is 1. The lowest BCUT2D eigenvalue weighted by Gasteiger charge is -2.44. The van der Waals surface area contributed by atoms with Gasteiger partial charge in [-0.2, -0.15) is 0 Å². The summed E-state index contributed by atoms with van der Waals surface area (Å²) in [4.78, 5) is 2.35. The molecule has 1 aromatic carbocycles. The fourth-order valence-corrected chi connectivity index (χ4v) is 2.89. The molecule has 4 heteroatoms. The molecule has 2 rings (SSSR count). The van der Waals surface area contributed by atoms with Crippen molar-refractivity contribution in [2.75, 3.05) is 13.1 Å². The molecule has 1 fully saturated rings. The van der Waals surface area contributed by atoms with Crippen LogP contribution in [0.25, 0.3) is 0 Å². The Labute approximate surface area is 119 Å². The third kappa shape index (κ3) is 3.47. The van der Waals surface area contributed by atoms with Crippen LogP contribution in [-0.4, -0.2) is 29.6 Å². The summed E-state index contributed by atoms with van der Waals surface area (Å²) < 4.78 is 14.0. The van der Waals surface area contributed by atoms with Gasteiger partial charge in [0.05, 0.1) is 5.02 Å². The van der Waals surface area contributed by atoms with Crippen molar-refractivity contribution in [2.45, 2.75) is 45.3 Å². The zero-order valence-electron chi connectivity index (χ0n) is 11.8. The second kappa shape index (κ2) is 5.78. The van der Waals surface area contributed by atoms with Crippen molar-refractivity contribution in [3.63, 3.8) is 0 Å². The highest BCUT2D eigenvalue weighted by atomic mass is 35.5. The smallest absolute Gasteiger partial charge is 0.146 e. The van der Waals surface area contributed by atoms with Crippen LogP contribution in [0.5, 0.6) is 0 Å². The minimum atomic E-state index is -0.282. The summed E-state index contributed by atoms with van der Waals surface area (Å²) in [6.07, 6.45) is 1.06. The molecule has 1 aliphatic rings. The van der Waals surface area contributed by atoms with Crippen molar-refractivity contribution >= 4 is 11.6 Å². The van der Waals surface area contributed by atoms with Crippen LogP contribution >= 0.6 is 11.6 Å². The van der Waals surface area contributed by atoms with Crippen molar-refractivity contribution < 1.29 is 4.39 Å². The number of benzene rings is 1. The molecule has 0 aliphatic carbocycles. The van der Waals surface area contributed by atoms with Crippen molar-refractivity contribution in [1.29, 1.82) is 0 Å². The highest BCUT2D eigenvalue weighted by molar-refractivity contribution is 6.30. The van der Waals surface area contributed by atoms with Gasteiger partial charge in [0, 0.05) is 36.8 Å². The topological polar surface area (TPSA) is 15.3 Å². The Bertz CT molecular complexity index is 448. The largest absolute Gasteiger partial charge is 0.309 e. The molecule has 1 heterocycles. The molecule has 1 N–H and O–H groups in total. The highest BCUT2D eigenvalue weighted by Gasteiger charge is 2.31. The molecular formula is C15H22ClFN2. The van der Waals surface area contributed by atoms with E-state index in [1.165, 1.54) is 0 Å². The molecule has 1 atom stereocenters. The van der Waals surface area contributed by atoms with Gasteiger partial charge >= 0.3 is 0 Å². The first-order chi connectivity index (χ1) is 8.93. The predicted octanol–water partition coefficient (Wildman–Crippen LogP) is 3.44. The minimum Gasteiger partial charge on any atom is -0.309 e. The molecule has 0 aromatic heterocycles. The van der Waals surface area contributed by atoms with E-state index in [4.69, 9.17) is 11.6 Å². The number of hydrogen-bond donors (Lipinski definition) is 1. The van der Waals surface area contributed by atoms with Gasteiger partial charge in [-0.25, -0.2) is 4.39 Å². The van der Waals surface area contributed by atoms with Crippen LogP contribution < -0.4 is 5.32 Å². The molecule has 106 valence electrons. The van der Waals surface area contributed by atoms with E-state index in [9.17, 15) is 4.39 Å². The summed E-state index contributed by atoms with van der Waals surface area (Å²) in [6.45, 7) is 9.02. The van der Waals surface area contributed by atoms with E-state index in [1.807, 2.05) is 12.1 Å². The average molecular weight is 285 g/mol. The summed E-state index contributed by atoms with van der Waals surface area (Å²) in [5.41, 5.74) is 0.754. The Morgan fingerprint density at radius 3 is 2.89 bits per heavy atom. The Morgan fingerprint density at radius 2 is 2.21 bits per heavy atom. The minimum absolute atomic E-state index is 0.0702. The van der Waals surface area contributed by atoms with Crippen LogP contribution in [0.3, 0.4) is 0 Å². The van der Waals surface area contributed by atoms with Crippen LogP contribution in [0, 0.1) is 5.82 Å². The molecular weight excluding hydrogens is 263 g/mol. The predicted molar refractivity (Wildman–Crippen MR) is 78.0 cm³/mol. The van der Waals surface area contributed by atoms with Gasteiger partial charge < -0.3 is 5.32 Å². The second-order valence-electron chi connectivity index (χ2n) is 5.94. The molecule has 0 bridgehead atoms. The third-order valence-electron chi connectivity index (χ3n) is 3.81. The third-order valence-corrected chi connectivity index (χ3v) is 4.10. The van der Waals surface area contributed by atoms with E-state index in [2.05, 4.69) is 31.0 Å². The molecule has 0 amide bonds. The van der Waals surface area contributed by atoms with Gasteiger partial charge in [-0.3, -0.25) is 4.90 Å². The van der Waals surface area contributed by atoms with Gasteiger partial charge in [0.2, 0.25) is 0 Å². The van der Waals surface area contributed by atoms with E-state index >= 15 is 0 Å². The maximum absolute atomic E-state index is 14.0. The molecule has 2 nitrogen and oxygen atoms in total. The van der Waals surface area contributed by atoms with Gasteiger partial charge in [-0.1, -0.05) is 30.7 Å². The van der Waals surface area contributed by atoms with E-state index in [0.29, 0.717) is 18.2 Å².